The number of rotatable bonds is 4. The Bertz CT molecular complexity index is 1030. The SMILES string of the molecule is O=C(NCCC1=CCCCC1)c1cnn2c1[nH]c(=O)c1ccccc12. The molecule has 1 aliphatic rings. The fourth-order valence-corrected chi connectivity index (χ4v) is 3.41. The molecule has 128 valence electrons. The number of nitrogens with zero attached hydrogens (tertiary/aromatic N) is 2. The number of hydrogen-bond acceptors (Lipinski definition) is 3. The molecule has 3 aromatic rings. The lowest BCUT2D eigenvalue weighted by molar-refractivity contribution is 0.0955. The van der Waals surface area contributed by atoms with Crippen molar-refractivity contribution in [1.29, 1.82) is 0 Å². The van der Waals surface area contributed by atoms with Gasteiger partial charge in [-0.2, -0.15) is 5.10 Å². The second kappa shape index (κ2) is 6.55. The van der Waals surface area contributed by atoms with Crippen LogP contribution in [0.15, 0.2) is 46.9 Å². The summed E-state index contributed by atoms with van der Waals surface area (Å²) in [5.41, 5.74) is 2.71. The first-order chi connectivity index (χ1) is 12.2. The van der Waals surface area contributed by atoms with E-state index in [2.05, 4.69) is 21.5 Å². The Morgan fingerprint density at radius 2 is 2.16 bits per heavy atom. The maximum Gasteiger partial charge on any atom is 0.259 e. The van der Waals surface area contributed by atoms with Crippen molar-refractivity contribution in [3.8, 4) is 0 Å². The number of nitrogens with one attached hydrogen (secondary N) is 2. The Balaban J connectivity index is 1.57. The van der Waals surface area contributed by atoms with E-state index in [1.165, 1.54) is 24.6 Å². The Morgan fingerprint density at radius 1 is 1.28 bits per heavy atom. The zero-order chi connectivity index (χ0) is 17.2. The van der Waals surface area contributed by atoms with E-state index in [0.29, 0.717) is 28.7 Å². The highest BCUT2D eigenvalue weighted by Gasteiger charge is 2.16. The fourth-order valence-electron chi connectivity index (χ4n) is 3.41. The van der Waals surface area contributed by atoms with Crippen LogP contribution in [0.2, 0.25) is 0 Å². The number of benzene rings is 1. The number of hydrogen-bond donors (Lipinski definition) is 2. The van der Waals surface area contributed by atoms with Crippen LogP contribution in [-0.2, 0) is 0 Å². The second-order valence-electron chi connectivity index (χ2n) is 6.40. The Kier molecular flexibility index (Phi) is 4.09. The van der Waals surface area contributed by atoms with Crippen LogP contribution in [0.3, 0.4) is 0 Å². The minimum Gasteiger partial charge on any atom is -0.352 e. The van der Waals surface area contributed by atoms with Gasteiger partial charge in [0.25, 0.3) is 11.5 Å². The smallest absolute Gasteiger partial charge is 0.259 e. The summed E-state index contributed by atoms with van der Waals surface area (Å²) in [4.78, 5) is 27.5. The minimum absolute atomic E-state index is 0.211. The van der Waals surface area contributed by atoms with E-state index in [1.807, 2.05) is 12.1 Å². The molecule has 1 aromatic carbocycles. The molecule has 0 radical (unpaired) electrons. The van der Waals surface area contributed by atoms with Crippen LogP contribution < -0.4 is 10.9 Å². The zero-order valence-electron chi connectivity index (χ0n) is 13.9. The zero-order valence-corrected chi connectivity index (χ0v) is 13.9. The fraction of sp³-hybridized carbons (Fsp3) is 0.316. The maximum atomic E-state index is 12.5. The van der Waals surface area contributed by atoms with Gasteiger partial charge in [-0.3, -0.25) is 9.59 Å². The predicted octanol–water partition coefficient (Wildman–Crippen LogP) is 2.80. The molecule has 6 nitrogen and oxygen atoms in total. The number of aromatic amines is 1. The molecule has 2 heterocycles. The predicted molar refractivity (Wildman–Crippen MR) is 96.8 cm³/mol. The lowest BCUT2D eigenvalue weighted by Gasteiger charge is -2.12. The molecule has 0 aliphatic heterocycles. The molecule has 0 saturated heterocycles. The van der Waals surface area contributed by atoms with Crippen molar-refractivity contribution in [1.82, 2.24) is 19.9 Å². The highest BCUT2D eigenvalue weighted by molar-refractivity contribution is 6.00. The van der Waals surface area contributed by atoms with E-state index in [1.54, 1.807) is 16.6 Å². The van der Waals surface area contributed by atoms with Crippen molar-refractivity contribution in [3.63, 3.8) is 0 Å². The lowest BCUT2D eigenvalue weighted by Crippen LogP contribution is -2.25. The number of carbonyl (C=O) groups excluding carboxylic acids is 1. The molecule has 0 bridgehead atoms. The number of carbonyl (C=O) groups is 1. The normalized spacial score (nSPS) is 14.6. The summed E-state index contributed by atoms with van der Waals surface area (Å²) in [7, 11) is 0. The third-order valence-electron chi connectivity index (χ3n) is 4.74. The molecular weight excluding hydrogens is 316 g/mol. The Hall–Kier alpha value is -2.89. The van der Waals surface area contributed by atoms with Crippen LogP contribution in [0.5, 0.6) is 0 Å². The van der Waals surface area contributed by atoms with Gasteiger partial charge in [0.05, 0.1) is 17.1 Å². The van der Waals surface area contributed by atoms with E-state index < -0.39 is 0 Å². The monoisotopic (exact) mass is 336 g/mol. The summed E-state index contributed by atoms with van der Waals surface area (Å²) in [6, 6.07) is 7.22. The average Bonchev–Trinajstić information content (AvgIpc) is 3.07. The van der Waals surface area contributed by atoms with Crippen LogP contribution in [-0.4, -0.2) is 27.0 Å². The lowest BCUT2D eigenvalue weighted by atomic mass is 9.97. The van der Waals surface area contributed by atoms with Crippen LogP contribution in [0.4, 0.5) is 0 Å². The highest BCUT2D eigenvalue weighted by atomic mass is 16.1. The molecule has 1 amide bonds. The molecule has 0 fully saturated rings. The second-order valence-corrected chi connectivity index (χ2v) is 6.40. The molecule has 0 spiro atoms. The number of aromatic nitrogens is 3. The van der Waals surface area contributed by atoms with Gasteiger partial charge in [-0.15, -0.1) is 0 Å². The van der Waals surface area contributed by atoms with Crippen LogP contribution >= 0.6 is 0 Å². The van der Waals surface area contributed by atoms with Crippen molar-refractivity contribution in [2.45, 2.75) is 32.1 Å². The number of H-pyrrole nitrogens is 1. The van der Waals surface area contributed by atoms with Gasteiger partial charge in [0.15, 0.2) is 0 Å². The molecular formula is C19H20N4O2. The van der Waals surface area contributed by atoms with Crippen molar-refractivity contribution in [2.75, 3.05) is 6.54 Å². The first kappa shape index (κ1) is 15.6. The van der Waals surface area contributed by atoms with Gasteiger partial charge in [0.2, 0.25) is 0 Å². The maximum absolute atomic E-state index is 12.5. The number of fused-ring (bicyclic) bond motifs is 3. The van der Waals surface area contributed by atoms with Crippen molar-refractivity contribution in [2.24, 2.45) is 0 Å². The third-order valence-corrected chi connectivity index (χ3v) is 4.74. The standard InChI is InChI=1S/C19H20N4O2/c24-18(20-11-10-13-6-2-1-3-7-13)15-12-21-23-16-9-5-4-8-14(16)19(25)22-17(15)23/h4-6,8-9,12H,1-3,7,10-11H2,(H,20,24)(H,22,25). The first-order valence-corrected chi connectivity index (χ1v) is 8.69. The van der Waals surface area contributed by atoms with Crippen LogP contribution in [0, 0.1) is 0 Å². The van der Waals surface area contributed by atoms with Gasteiger partial charge in [-0.1, -0.05) is 23.8 Å². The van der Waals surface area contributed by atoms with E-state index in [4.69, 9.17) is 0 Å². The summed E-state index contributed by atoms with van der Waals surface area (Å²) in [6.45, 7) is 0.597. The average molecular weight is 336 g/mol. The molecule has 1 aliphatic carbocycles. The quantitative estimate of drug-likeness (QED) is 0.719. The number of para-hydroxylation sites is 1. The third kappa shape index (κ3) is 2.95. The minimum atomic E-state index is -0.218. The van der Waals surface area contributed by atoms with Crippen molar-refractivity contribution in [3.05, 3.63) is 58.0 Å². The molecule has 2 N–H and O–H groups in total. The van der Waals surface area contributed by atoms with Crippen LogP contribution in [0.25, 0.3) is 16.6 Å². The summed E-state index contributed by atoms with van der Waals surface area (Å²) in [5.74, 6) is -0.211. The number of amides is 1. The molecule has 2 aromatic heterocycles. The Labute approximate surface area is 144 Å². The van der Waals surface area contributed by atoms with E-state index in [9.17, 15) is 9.59 Å². The molecule has 4 rings (SSSR count). The van der Waals surface area contributed by atoms with E-state index in [0.717, 1.165) is 19.3 Å². The highest BCUT2D eigenvalue weighted by Crippen LogP contribution is 2.19. The van der Waals surface area contributed by atoms with Crippen molar-refractivity contribution >= 4 is 22.5 Å². The summed E-state index contributed by atoms with van der Waals surface area (Å²) in [6.07, 6.45) is 9.45. The van der Waals surface area contributed by atoms with E-state index >= 15 is 0 Å². The largest absolute Gasteiger partial charge is 0.352 e. The van der Waals surface area contributed by atoms with Crippen molar-refractivity contribution < 1.29 is 4.79 Å². The molecule has 0 saturated carbocycles. The summed E-state index contributed by atoms with van der Waals surface area (Å²) in [5, 5.41) is 7.77. The summed E-state index contributed by atoms with van der Waals surface area (Å²) < 4.78 is 1.61. The van der Waals surface area contributed by atoms with Gasteiger partial charge in [0.1, 0.15) is 11.2 Å². The molecule has 6 heteroatoms. The van der Waals surface area contributed by atoms with Gasteiger partial charge in [-0.05, 0) is 44.2 Å². The van der Waals surface area contributed by atoms with Gasteiger partial charge in [0, 0.05) is 6.54 Å². The topological polar surface area (TPSA) is 79.3 Å². The first-order valence-electron chi connectivity index (χ1n) is 8.69. The number of allylic oxidation sites excluding steroid dienone is 1. The Morgan fingerprint density at radius 3 is 3.00 bits per heavy atom. The molecule has 25 heavy (non-hydrogen) atoms. The summed E-state index contributed by atoms with van der Waals surface area (Å²) >= 11 is 0. The van der Waals surface area contributed by atoms with Gasteiger partial charge in [-0.25, -0.2) is 4.52 Å². The van der Waals surface area contributed by atoms with E-state index in [-0.39, 0.29) is 11.5 Å². The van der Waals surface area contributed by atoms with Gasteiger partial charge < -0.3 is 10.3 Å². The van der Waals surface area contributed by atoms with Crippen LogP contribution in [0.1, 0.15) is 42.5 Å². The molecule has 0 atom stereocenters. The van der Waals surface area contributed by atoms with Gasteiger partial charge >= 0.3 is 0 Å². The molecule has 0 unspecified atom stereocenters.